The van der Waals surface area contributed by atoms with Crippen molar-refractivity contribution in [1.82, 2.24) is 0 Å². The van der Waals surface area contributed by atoms with E-state index in [0.29, 0.717) is 24.5 Å². The SMILES string of the molecule is CCCCCCCCCCCCCCCCCCCC(=O)CC(=S)OCC. The molecular weight excluding hydrogens is 352 g/mol. The normalized spacial score (nSPS) is 10.9. The number of ether oxygens (including phenoxy) is 1. The van der Waals surface area contributed by atoms with E-state index < -0.39 is 0 Å². The van der Waals surface area contributed by atoms with E-state index in [1.165, 1.54) is 103 Å². The van der Waals surface area contributed by atoms with E-state index in [1.807, 2.05) is 6.92 Å². The summed E-state index contributed by atoms with van der Waals surface area (Å²) in [6.45, 7) is 4.74. The van der Waals surface area contributed by atoms with E-state index in [1.54, 1.807) is 0 Å². The molecule has 0 atom stereocenters. The molecule has 0 fully saturated rings. The van der Waals surface area contributed by atoms with E-state index in [2.05, 4.69) is 6.92 Å². The topological polar surface area (TPSA) is 26.3 Å². The molecule has 27 heavy (non-hydrogen) atoms. The lowest BCUT2D eigenvalue weighted by Gasteiger charge is -2.05. The minimum Gasteiger partial charge on any atom is -0.487 e. The molecule has 2 nitrogen and oxygen atoms in total. The quantitative estimate of drug-likeness (QED) is 0.143. The number of ketones is 1. The lowest BCUT2D eigenvalue weighted by atomic mass is 10.0. The van der Waals surface area contributed by atoms with Crippen LogP contribution in [0.5, 0.6) is 0 Å². The average molecular weight is 399 g/mol. The predicted molar refractivity (Wildman–Crippen MR) is 123 cm³/mol. The van der Waals surface area contributed by atoms with Gasteiger partial charge in [-0.15, -0.1) is 0 Å². The lowest BCUT2D eigenvalue weighted by Crippen LogP contribution is -2.09. The Morgan fingerprint density at radius 3 is 1.37 bits per heavy atom. The summed E-state index contributed by atoms with van der Waals surface area (Å²) < 4.78 is 5.16. The van der Waals surface area contributed by atoms with Crippen molar-refractivity contribution in [3.05, 3.63) is 0 Å². The molecule has 0 aliphatic carbocycles. The number of unbranched alkanes of at least 4 members (excludes halogenated alkanes) is 16. The van der Waals surface area contributed by atoms with Crippen LogP contribution in [0, 0.1) is 0 Å². The second kappa shape index (κ2) is 21.9. The molecule has 0 aliphatic heterocycles. The van der Waals surface area contributed by atoms with Gasteiger partial charge in [0, 0.05) is 6.42 Å². The molecular formula is C24H46O2S. The summed E-state index contributed by atoms with van der Waals surface area (Å²) in [7, 11) is 0. The zero-order valence-corrected chi connectivity index (χ0v) is 19.2. The van der Waals surface area contributed by atoms with Crippen LogP contribution >= 0.6 is 12.2 Å². The van der Waals surface area contributed by atoms with Gasteiger partial charge in [-0.3, -0.25) is 4.79 Å². The summed E-state index contributed by atoms with van der Waals surface area (Å²) in [6, 6.07) is 0. The Morgan fingerprint density at radius 2 is 1.00 bits per heavy atom. The van der Waals surface area contributed by atoms with Crippen LogP contribution in [0.2, 0.25) is 0 Å². The molecule has 0 radical (unpaired) electrons. The second-order valence-electron chi connectivity index (χ2n) is 7.93. The number of hydrogen-bond donors (Lipinski definition) is 0. The second-order valence-corrected chi connectivity index (χ2v) is 8.38. The summed E-state index contributed by atoms with van der Waals surface area (Å²) in [5, 5.41) is 0.453. The maximum atomic E-state index is 11.7. The smallest absolute Gasteiger partial charge is 0.167 e. The van der Waals surface area contributed by atoms with Gasteiger partial charge in [0.15, 0.2) is 5.05 Å². The monoisotopic (exact) mass is 398 g/mol. The summed E-state index contributed by atoms with van der Waals surface area (Å²) in [5.74, 6) is 0.231. The van der Waals surface area contributed by atoms with E-state index in [0.717, 1.165) is 6.42 Å². The van der Waals surface area contributed by atoms with E-state index >= 15 is 0 Å². The Kier molecular flexibility index (Phi) is 21.5. The molecule has 0 unspecified atom stereocenters. The Bertz CT molecular complexity index is 341. The van der Waals surface area contributed by atoms with Crippen LogP contribution in [0.3, 0.4) is 0 Å². The largest absolute Gasteiger partial charge is 0.487 e. The Labute approximate surface area is 175 Å². The van der Waals surface area contributed by atoms with Gasteiger partial charge in [-0.2, -0.15) is 0 Å². The zero-order valence-electron chi connectivity index (χ0n) is 18.4. The molecule has 0 aliphatic rings. The summed E-state index contributed by atoms with van der Waals surface area (Å²) >= 11 is 5.01. The number of thiocarbonyl (C=S) groups is 1. The van der Waals surface area contributed by atoms with Crippen LogP contribution in [-0.4, -0.2) is 17.4 Å². The Hall–Kier alpha value is -0.440. The van der Waals surface area contributed by atoms with Gasteiger partial charge in [-0.05, 0) is 25.6 Å². The molecule has 0 aromatic rings. The Balaban J connectivity index is 3.14. The molecule has 0 rings (SSSR count). The van der Waals surface area contributed by atoms with Crippen LogP contribution in [0.1, 0.15) is 136 Å². The standard InChI is InChI=1S/C24H46O2S/c1-3-5-6-7-8-9-10-11-12-13-14-15-16-17-18-19-20-21-23(25)22-24(27)26-4-2/h3-22H2,1-2H3. The van der Waals surface area contributed by atoms with Crippen molar-refractivity contribution in [2.45, 2.75) is 136 Å². The van der Waals surface area contributed by atoms with Crippen molar-refractivity contribution in [3.63, 3.8) is 0 Å². The first-order valence-electron chi connectivity index (χ1n) is 11.9. The van der Waals surface area contributed by atoms with Crippen molar-refractivity contribution in [3.8, 4) is 0 Å². The predicted octanol–water partition coefficient (Wildman–Crippen LogP) is 8.35. The zero-order chi connectivity index (χ0) is 20.0. The van der Waals surface area contributed by atoms with Gasteiger partial charge >= 0.3 is 0 Å². The first-order chi connectivity index (χ1) is 13.2. The van der Waals surface area contributed by atoms with Crippen molar-refractivity contribution < 1.29 is 9.53 Å². The van der Waals surface area contributed by atoms with Gasteiger partial charge in [0.25, 0.3) is 0 Å². The van der Waals surface area contributed by atoms with Gasteiger partial charge in [0.1, 0.15) is 5.78 Å². The fourth-order valence-corrected chi connectivity index (χ4v) is 3.79. The highest BCUT2D eigenvalue weighted by Gasteiger charge is 2.06. The van der Waals surface area contributed by atoms with Crippen LogP contribution in [0.25, 0.3) is 0 Å². The van der Waals surface area contributed by atoms with Crippen molar-refractivity contribution in [2.24, 2.45) is 0 Å². The molecule has 0 bridgehead atoms. The average Bonchev–Trinajstić information content (AvgIpc) is 2.64. The highest BCUT2D eigenvalue weighted by atomic mass is 32.1. The summed E-state index contributed by atoms with van der Waals surface area (Å²) in [6.07, 6.45) is 24.2. The van der Waals surface area contributed by atoms with Crippen LogP contribution < -0.4 is 0 Å². The van der Waals surface area contributed by atoms with E-state index in [4.69, 9.17) is 17.0 Å². The van der Waals surface area contributed by atoms with Gasteiger partial charge in [-0.25, -0.2) is 0 Å². The highest BCUT2D eigenvalue weighted by Crippen LogP contribution is 2.14. The molecule has 0 heterocycles. The molecule has 0 aromatic heterocycles. The maximum Gasteiger partial charge on any atom is 0.167 e. The molecule has 0 amide bonds. The van der Waals surface area contributed by atoms with Crippen molar-refractivity contribution in [1.29, 1.82) is 0 Å². The number of carbonyl (C=O) groups is 1. The first kappa shape index (κ1) is 26.6. The van der Waals surface area contributed by atoms with E-state index in [9.17, 15) is 4.79 Å². The third-order valence-electron chi connectivity index (χ3n) is 5.21. The summed E-state index contributed by atoms with van der Waals surface area (Å²) in [5.41, 5.74) is 0. The number of carbonyl (C=O) groups excluding carboxylic acids is 1. The molecule has 0 spiro atoms. The molecule has 0 aromatic carbocycles. The Morgan fingerprint density at radius 1 is 0.630 bits per heavy atom. The maximum absolute atomic E-state index is 11.7. The number of hydrogen-bond acceptors (Lipinski definition) is 3. The number of Topliss-reactive ketones (excluding diaryl/α,β-unsaturated/α-hetero) is 1. The van der Waals surface area contributed by atoms with Crippen molar-refractivity contribution >= 4 is 23.1 Å². The van der Waals surface area contributed by atoms with Gasteiger partial charge in [0.05, 0.1) is 13.0 Å². The molecule has 0 N–H and O–H groups in total. The van der Waals surface area contributed by atoms with Crippen LogP contribution in [-0.2, 0) is 9.53 Å². The van der Waals surface area contributed by atoms with Gasteiger partial charge < -0.3 is 4.74 Å². The lowest BCUT2D eigenvalue weighted by molar-refractivity contribution is -0.118. The summed E-state index contributed by atoms with van der Waals surface area (Å²) in [4.78, 5) is 11.7. The molecule has 0 saturated carbocycles. The third-order valence-corrected chi connectivity index (χ3v) is 5.47. The fourth-order valence-electron chi connectivity index (χ4n) is 3.51. The minimum absolute atomic E-state index is 0.231. The van der Waals surface area contributed by atoms with Crippen molar-refractivity contribution in [2.75, 3.05) is 6.61 Å². The van der Waals surface area contributed by atoms with Gasteiger partial charge in [-0.1, -0.05) is 110 Å². The molecule has 3 heteroatoms. The first-order valence-corrected chi connectivity index (χ1v) is 12.3. The molecule has 0 saturated heterocycles. The van der Waals surface area contributed by atoms with E-state index in [-0.39, 0.29) is 5.78 Å². The third kappa shape index (κ3) is 21.7. The van der Waals surface area contributed by atoms with Gasteiger partial charge in [0.2, 0.25) is 0 Å². The number of rotatable bonds is 21. The highest BCUT2D eigenvalue weighted by molar-refractivity contribution is 7.80. The molecule has 160 valence electrons. The van der Waals surface area contributed by atoms with Crippen LogP contribution in [0.4, 0.5) is 0 Å². The minimum atomic E-state index is 0.231. The fraction of sp³-hybridized carbons (Fsp3) is 0.917. The van der Waals surface area contributed by atoms with Crippen LogP contribution in [0.15, 0.2) is 0 Å².